The maximum absolute atomic E-state index is 13.3. The summed E-state index contributed by atoms with van der Waals surface area (Å²) in [6.45, 7) is 1.88. The Kier molecular flexibility index (Phi) is 7.76. The van der Waals surface area contributed by atoms with E-state index in [0.717, 1.165) is 18.5 Å². The van der Waals surface area contributed by atoms with Crippen molar-refractivity contribution in [3.8, 4) is 5.75 Å². The highest BCUT2D eigenvalue weighted by molar-refractivity contribution is 5.97. The number of anilines is 1. The van der Waals surface area contributed by atoms with E-state index in [1.54, 1.807) is 24.3 Å². The Morgan fingerprint density at radius 3 is 2.80 bits per heavy atom. The highest BCUT2D eigenvalue weighted by atomic mass is 19.1. The van der Waals surface area contributed by atoms with Crippen molar-refractivity contribution in [3.63, 3.8) is 0 Å². The van der Waals surface area contributed by atoms with Crippen LogP contribution < -0.4 is 20.7 Å². The number of amides is 1. The van der Waals surface area contributed by atoms with Gasteiger partial charge in [-0.25, -0.2) is 9.18 Å². The summed E-state index contributed by atoms with van der Waals surface area (Å²) in [7, 11) is 0. The van der Waals surface area contributed by atoms with Crippen molar-refractivity contribution < 1.29 is 28.2 Å². The number of fused-ring (bicyclic) bond motifs is 1. The van der Waals surface area contributed by atoms with E-state index in [4.69, 9.17) is 9.15 Å². The van der Waals surface area contributed by atoms with Crippen LogP contribution in [0, 0.1) is 5.82 Å². The van der Waals surface area contributed by atoms with Crippen molar-refractivity contribution in [2.45, 2.75) is 31.7 Å². The van der Waals surface area contributed by atoms with Gasteiger partial charge in [-0.3, -0.25) is 15.1 Å². The minimum absolute atomic E-state index is 0.00771. The van der Waals surface area contributed by atoms with Crippen LogP contribution in [-0.2, 0) is 16.0 Å². The lowest BCUT2D eigenvalue weighted by molar-refractivity contribution is -0.138. The first-order chi connectivity index (χ1) is 17.0. The lowest BCUT2D eigenvalue weighted by Gasteiger charge is -2.15. The van der Waals surface area contributed by atoms with Gasteiger partial charge in [0.1, 0.15) is 23.1 Å². The molecule has 0 spiro atoms. The molecule has 0 radical (unpaired) electrons. The minimum atomic E-state index is -1.08. The van der Waals surface area contributed by atoms with Crippen molar-refractivity contribution in [1.82, 2.24) is 15.6 Å². The van der Waals surface area contributed by atoms with Gasteiger partial charge >= 0.3 is 5.97 Å². The first-order valence-electron chi connectivity index (χ1n) is 11.3. The molecule has 2 aromatic carbocycles. The number of nitrogens with one attached hydrogen (secondary N) is 3. The number of carboxylic acid groups (broad SMARTS) is 1. The SMILES string of the molecule is O=C(CCCOc1ccc(CC(Nc2nc3cc(F)ccc3o2)C(=O)O)cc1)NC1=NCCCN1. The number of oxazole rings is 1. The van der Waals surface area contributed by atoms with Crippen LogP contribution in [0.1, 0.15) is 24.8 Å². The summed E-state index contributed by atoms with van der Waals surface area (Å²) in [5.74, 6) is -0.505. The van der Waals surface area contributed by atoms with Crippen molar-refractivity contribution >= 4 is 35.0 Å². The summed E-state index contributed by atoms with van der Waals surface area (Å²) in [6, 6.07) is 9.94. The van der Waals surface area contributed by atoms with Gasteiger partial charge in [0.2, 0.25) is 5.91 Å². The van der Waals surface area contributed by atoms with Crippen LogP contribution in [0.2, 0.25) is 0 Å². The lowest BCUT2D eigenvalue weighted by Crippen LogP contribution is -2.43. The normalized spacial score (nSPS) is 14.0. The van der Waals surface area contributed by atoms with Gasteiger partial charge in [-0.1, -0.05) is 12.1 Å². The van der Waals surface area contributed by atoms with Crippen LogP contribution in [0.4, 0.5) is 10.4 Å². The van der Waals surface area contributed by atoms with E-state index in [1.807, 2.05) is 0 Å². The third-order valence-corrected chi connectivity index (χ3v) is 5.28. The zero-order chi connectivity index (χ0) is 24.6. The van der Waals surface area contributed by atoms with Crippen LogP contribution in [0.5, 0.6) is 5.75 Å². The third-order valence-electron chi connectivity index (χ3n) is 5.28. The summed E-state index contributed by atoms with van der Waals surface area (Å²) < 4.78 is 24.5. The van der Waals surface area contributed by atoms with Crippen LogP contribution in [0.15, 0.2) is 51.9 Å². The molecule has 11 heteroatoms. The largest absolute Gasteiger partial charge is 0.494 e. The number of carboxylic acids is 1. The fraction of sp³-hybridized carbons (Fsp3) is 0.333. The highest BCUT2D eigenvalue weighted by Gasteiger charge is 2.20. The Morgan fingerprint density at radius 1 is 1.23 bits per heavy atom. The number of benzene rings is 2. The fourth-order valence-corrected chi connectivity index (χ4v) is 3.50. The maximum Gasteiger partial charge on any atom is 0.326 e. The lowest BCUT2D eigenvalue weighted by atomic mass is 10.1. The van der Waals surface area contributed by atoms with Gasteiger partial charge in [-0.05, 0) is 42.7 Å². The van der Waals surface area contributed by atoms with E-state index in [1.165, 1.54) is 18.2 Å². The quantitative estimate of drug-likeness (QED) is 0.323. The number of hydrogen-bond acceptors (Lipinski definition) is 8. The molecule has 0 saturated heterocycles. The summed E-state index contributed by atoms with van der Waals surface area (Å²) in [5, 5.41) is 18.1. The van der Waals surface area contributed by atoms with Gasteiger partial charge < -0.3 is 24.9 Å². The summed E-state index contributed by atoms with van der Waals surface area (Å²) in [5.41, 5.74) is 1.42. The molecule has 1 atom stereocenters. The molecule has 0 aliphatic carbocycles. The van der Waals surface area contributed by atoms with Gasteiger partial charge in [-0.15, -0.1) is 0 Å². The second-order valence-corrected chi connectivity index (χ2v) is 8.03. The number of aliphatic carboxylic acids is 1. The predicted octanol–water partition coefficient (Wildman–Crippen LogP) is 2.70. The number of carbonyl (C=O) groups is 2. The Hall–Kier alpha value is -4.15. The smallest absolute Gasteiger partial charge is 0.326 e. The average Bonchev–Trinajstić information content (AvgIpc) is 3.24. The number of hydrogen-bond donors (Lipinski definition) is 4. The predicted molar refractivity (Wildman–Crippen MR) is 127 cm³/mol. The molecule has 1 amide bonds. The molecule has 10 nitrogen and oxygen atoms in total. The average molecular weight is 484 g/mol. The summed E-state index contributed by atoms with van der Waals surface area (Å²) in [4.78, 5) is 32.0. The minimum Gasteiger partial charge on any atom is -0.494 e. The molecule has 1 aliphatic heterocycles. The second kappa shape index (κ2) is 11.3. The number of aliphatic imine (C=N–C) groups is 1. The Labute approximate surface area is 200 Å². The number of halogens is 1. The van der Waals surface area contributed by atoms with Gasteiger partial charge in [0.05, 0.1) is 6.61 Å². The Morgan fingerprint density at radius 2 is 2.06 bits per heavy atom. The molecule has 1 unspecified atom stereocenters. The molecule has 0 bridgehead atoms. The highest BCUT2D eigenvalue weighted by Crippen LogP contribution is 2.21. The summed E-state index contributed by atoms with van der Waals surface area (Å²) in [6.07, 6.45) is 1.98. The van der Waals surface area contributed by atoms with E-state index in [0.29, 0.717) is 48.8 Å². The van der Waals surface area contributed by atoms with E-state index < -0.39 is 17.8 Å². The standard InChI is InChI=1S/C24H26FN5O5/c25-16-6-9-20-18(14-16)28-24(35-20)29-19(22(32)33)13-15-4-7-17(8-5-15)34-12-1-3-21(31)30-23-26-10-2-11-27-23/h4-9,14,19H,1-3,10-13H2,(H,28,29)(H,32,33)(H2,26,27,30,31). The van der Waals surface area contributed by atoms with Crippen LogP contribution in [0.25, 0.3) is 11.1 Å². The molecule has 1 aromatic heterocycles. The molecular formula is C24H26FN5O5. The van der Waals surface area contributed by atoms with Crippen molar-refractivity contribution in [2.75, 3.05) is 25.0 Å². The molecule has 4 rings (SSSR count). The van der Waals surface area contributed by atoms with Crippen LogP contribution >= 0.6 is 0 Å². The fourth-order valence-electron chi connectivity index (χ4n) is 3.50. The number of guanidine groups is 1. The molecular weight excluding hydrogens is 457 g/mol. The molecule has 184 valence electrons. The molecule has 0 fully saturated rings. The van der Waals surface area contributed by atoms with Crippen molar-refractivity contribution in [1.29, 1.82) is 0 Å². The molecule has 2 heterocycles. The number of nitrogens with zero attached hydrogens (tertiary/aromatic N) is 2. The van der Waals surface area contributed by atoms with Gasteiger partial charge in [-0.2, -0.15) is 4.98 Å². The zero-order valence-electron chi connectivity index (χ0n) is 18.9. The van der Waals surface area contributed by atoms with E-state index in [2.05, 4.69) is 25.9 Å². The second-order valence-electron chi connectivity index (χ2n) is 8.03. The zero-order valence-corrected chi connectivity index (χ0v) is 18.9. The van der Waals surface area contributed by atoms with Crippen LogP contribution in [-0.4, -0.2) is 53.7 Å². The maximum atomic E-state index is 13.3. The first-order valence-corrected chi connectivity index (χ1v) is 11.3. The Bertz CT molecular complexity index is 1210. The molecule has 4 N–H and O–H groups in total. The van der Waals surface area contributed by atoms with Crippen LogP contribution in [0.3, 0.4) is 0 Å². The topological polar surface area (TPSA) is 138 Å². The van der Waals surface area contributed by atoms with Gasteiger partial charge in [0.25, 0.3) is 6.01 Å². The molecule has 0 saturated carbocycles. The Balaban J connectivity index is 1.24. The number of aromatic nitrogens is 1. The first kappa shape index (κ1) is 24.0. The van der Waals surface area contributed by atoms with Crippen molar-refractivity contribution in [2.24, 2.45) is 4.99 Å². The summed E-state index contributed by atoms with van der Waals surface area (Å²) >= 11 is 0. The van der Waals surface area contributed by atoms with Gasteiger partial charge in [0, 0.05) is 32.0 Å². The molecule has 35 heavy (non-hydrogen) atoms. The van der Waals surface area contributed by atoms with Crippen molar-refractivity contribution in [3.05, 3.63) is 53.8 Å². The third kappa shape index (κ3) is 6.92. The molecule has 3 aromatic rings. The molecule has 1 aliphatic rings. The number of rotatable bonds is 10. The van der Waals surface area contributed by atoms with Gasteiger partial charge in [0.15, 0.2) is 11.5 Å². The van der Waals surface area contributed by atoms with E-state index >= 15 is 0 Å². The van der Waals surface area contributed by atoms with E-state index in [-0.39, 0.29) is 18.3 Å². The number of ether oxygens (including phenoxy) is 1. The monoisotopic (exact) mass is 483 g/mol. The number of carbonyl (C=O) groups excluding carboxylic acids is 1. The van der Waals surface area contributed by atoms with E-state index in [9.17, 15) is 19.1 Å².